The third-order valence-corrected chi connectivity index (χ3v) is 7.32. The van der Waals surface area contributed by atoms with Crippen molar-refractivity contribution in [1.29, 1.82) is 0 Å². The standard InChI is InChI=1S/C33H31F2NO3S/c1-22(23-6-3-2-4-7-23)36-32(39)21-29(38)20-28(37)17-18-30(31-8-5-19-40-31)33(24-9-13-26(34)14-10-24)25-11-15-27(35)16-12-25/h2-19,22,28-29,37-38H,20-21H2,1H3,(H,36,39)/b18-17+/t22-,28-,29-/m1/s1. The monoisotopic (exact) mass is 559 g/mol. The van der Waals surface area contributed by atoms with Crippen LogP contribution < -0.4 is 5.32 Å². The molecule has 0 radical (unpaired) electrons. The van der Waals surface area contributed by atoms with Crippen LogP contribution in [0.15, 0.2) is 109 Å². The molecule has 3 aromatic carbocycles. The molecule has 1 amide bonds. The first-order chi connectivity index (χ1) is 19.3. The molecule has 4 rings (SSSR count). The maximum atomic E-state index is 13.7. The number of hydrogen-bond acceptors (Lipinski definition) is 4. The lowest BCUT2D eigenvalue weighted by Gasteiger charge is -2.17. The predicted molar refractivity (Wildman–Crippen MR) is 156 cm³/mol. The van der Waals surface area contributed by atoms with E-state index < -0.39 is 12.2 Å². The minimum Gasteiger partial charge on any atom is -0.392 e. The highest BCUT2D eigenvalue weighted by atomic mass is 32.1. The fourth-order valence-electron chi connectivity index (χ4n) is 4.42. The van der Waals surface area contributed by atoms with Crippen LogP contribution in [0.25, 0.3) is 11.1 Å². The molecule has 0 aliphatic rings. The molecule has 0 aliphatic heterocycles. The van der Waals surface area contributed by atoms with Gasteiger partial charge in [0.25, 0.3) is 0 Å². The number of benzene rings is 3. The van der Waals surface area contributed by atoms with Crippen LogP contribution >= 0.6 is 11.3 Å². The summed E-state index contributed by atoms with van der Waals surface area (Å²) in [7, 11) is 0. The van der Waals surface area contributed by atoms with E-state index in [2.05, 4.69) is 5.32 Å². The van der Waals surface area contributed by atoms with Gasteiger partial charge in [0.15, 0.2) is 0 Å². The molecule has 0 spiro atoms. The first-order valence-corrected chi connectivity index (χ1v) is 13.9. The Morgan fingerprint density at radius 3 is 2.02 bits per heavy atom. The fraction of sp³-hybridized carbons (Fsp3) is 0.182. The molecule has 40 heavy (non-hydrogen) atoms. The summed E-state index contributed by atoms with van der Waals surface area (Å²) >= 11 is 1.49. The molecule has 3 N–H and O–H groups in total. The van der Waals surface area contributed by atoms with Crippen LogP contribution in [0.4, 0.5) is 8.78 Å². The molecular formula is C33H31F2NO3S. The van der Waals surface area contributed by atoms with Gasteiger partial charge in [0.2, 0.25) is 5.91 Å². The van der Waals surface area contributed by atoms with Gasteiger partial charge in [0, 0.05) is 11.3 Å². The van der Waals surface area contributed by atoms with E-state index in [1.807, 2.05) is 54.8 Å². The minimum atomic E-state index is -1.05. The van der Waals surface area contributed by atoms with Crippen molar-refractivity contribution in [3.8, 4) is 0 Å². The van der Waals surface area contributed by atoms with E-state index in [4.69, 9.17) is 0 Å². The van der Waals surface area contributed by atoms with Crippen LogP contribution in [0.1, 0.15) is 47.4 Å². The highest BCUT2D eigenvalue weighted by Gasteiger charge is 2.18. The summed E-state index contributed by atoms with van der Waals surface area (Å²) in [5.41, 5.74) is 3.89. The smallest absolute Gasteiger partial charge is 0.223 e. The Labute approximate surface area is 237 Å². The molecule has 1 aromatic heterocycles. The van der Waals surface area contributed by atoms with Crippen molar-refractivity contribution >= 4 is 28.4 Å². The SMILES string of the molecule is C[C@@H](NC(=O)C[C@H](O)C[C@H](O)/C=C/C(=C(c1ccc(F)cc1)c1ccc(F)cc1)c1cccs1)c1ccccc1. The van der Waals surface area contributed by atoms with Crippen LogP contribution in [-0.4, -0.2) is 28.3 Å². The van der Waals surface area contributed by atoms with Crippen molar-refractivity contribution in [2.45, 2.75) is 38.0 Å². The number of allylic oxidation sites excluding steroid dienone is 2. The molecule has 4 nitrogen and oxygen atoms in total. The number of nitrogens with one attached hydrogen (secondary N) is 1. The average Bonchev–Trinajstić information content (AvgIpc) is 3.47. The molecule has 0 saturated heterocycles. The number of aliphatic hydroxyl groups excluding tert-OH is 2. The summed E-state index contributed by atoms with van der Waals surface area (Å²) in [5, 5.41) is 26.0. The van der Waals surface area contributed by atoms with E-state index in [1.54, 1.807) is 36.4 Å². The van der Waals surface area contributed by atoms with Crippen molar-refractivity contribution < 1.29 is 23.8 Å². The van der Waals surface area contributed by atoms with E-state index in [0.29, 0.717) is 0 Å². The van der Waals surface area contributed by atoms with Gasteiger partial charge in [0.05, 0.1) is 24.7 Å². The molecule has 0 unspecified atom stereocenters. The summed E-state index contributed by atoms with van der Waals surface area (Å²) in [6, 6.07) is 25.2. The zero-order valence-corrected chi connectivity index (χ0v) is 22.8. The van der Waals surface area contributed by atoms with Crippen molar-refractivity contribution in [2.75, 3.05) is 0 Å². The molecule has 7 heteroatoms. The molecule has 0 saturated carbocycles. The fourth-order valence-corrected chi connectivity index (χ4v) is 5.18. The Balaban J connectivity index is 1.54. The van der Waals surface area contributed by atoms with Gasteiger partial charge in [-0.15, -0.1) is 11.3 Å². The van der Waals surface area contributed by atoms with Crippen LogP contribution in [0.5, 0.6) is 0 Å². The van der Waals surface area contributed by atoms with Gasteiger partial charge in [-0.05, 0) is 70.5 Å². The molecule has 4 aromatic rings. The van der Waals surface area contributed by atoms with Gasteiger partial charge < -0.3 is 15.5 Å². The van der Waals surface area contributed by atoms with E-state index in [-0.39, 0.29) is 36.4 Å². The lowest BCUT2D eigenvalue weighted by molar-refractivity contribution is -0.123. The summed E-state index contributed by atoms with van der Waals surface area (Å²) in [4.78, 5) is 13.4. The molecular weight excluding hydrogens is 528 g/mol. The summed E-state index contributed by atoms with van der Waals surface area (Å²) in [6.45, 7) is 1.87. The zero-order chi connectivity index (χ0) is 28.5. The molecule has 3 atom stereocenters. The Bertz CT molecular complexity index is 1390. The van der Waals surface area contributed by atoms with Crippen molar-refractivity contribution in [3.05, 3.63) is 142 Å². The van der Waals surface area contributed by atoms with Crippen molar-refractivity contribution in [2.24, 2.45) is 0 Å². The van der Waals surface area contributed by atoms with Gasteiger partial charge in [-0.25, -0.2) is 8.78 Å². The van der Waals surface area contributed by atoms with Gasteiger partial charge in [-0.2, -0.15) is 0 Å². The molecule has 206 valence electrons. The third kappa shape index (κ3) is 8.05. The predicted octanol–water partition coefficient (Wildman–Crippen LogP) is 6.92. The molecule has 0 aliphatic carbocycles. The van der Waals surface area contributed by atoms with Gasteiger partial charge in [0.1, 0.15) is 11.6 Å². The Kier molecular flexibility index (Phi) is 10.1. The van der Waals surface area contributed by atoms with Crippen molar-refractivity contribution in [3.63, 3.8) is 0 Å². The number of aliphatic hydroxyl groups is 2. The summed E-state index contributed by atoms with van der Waals surface area (Å²) in [5.74, 6) is -1.06. The average molecular weight is 560 g/mol. The Hall–Kier alpha value is -3.91. The van der Waals surface area contributed by atoms with E-state index in [1.165, 1.54) is 35.6 Å². The van der Waals surface area contributed by atoms with E-state index >= 15 is 0 Å². The van der Waals surface area contributed by atoms with Gasteiger partial charge >= 0.3 is 0 Å². The summed E-state index contributed by atoms with van der Waals surface area (Å²) in [6.07, 6.45) is 1.05. The van der Waals surface area contributed by atoms with Crippen LogP contribution in [-0.2, 0) is 4.79 Å². The highest BCUT2D eigenvalue weighted by Crippen LogP contribution is 2.35. The quantitative estimate of drug-likeness (QED) is 0.175. The second-order valence-corrected chi connectivity index (χ2v) is 10.4. The second-order valence-electron chi connectivity index (χ2n) is 9.50. The number of carbonyl (C=O) groups excluding carboxylic acids is 1. The van der Waals surface area contributed by atoms with Crippen molar-refractivity contribution in [1.82, 2.24) is 5.32 Å². The minimum absolute atomic E-state index is 0.0379. The number of carbonyl (C=O) groups is 1. The zero-order valence-electron chi connectivity index (χ0n) is 22.0. The summed E-state index contributed by atoms with van der Waals surface area (Å²) < 4.78 is 27.5. The van der Waals surface area contributed by atoms with Crippen LogP contribution in [0, 0.1) is 11.6 Å². The second kappa shape index (κ2) is 13.9. The normalized spacial score (nSPS) is 13.5. The Morgan fingerprint density at radius 1 is 0.875 bits per heavy atom. The topological polar surface area (TPSA) is 69.6 Å². The van der Waals surface area contributed by atoms with Crippen LogP contribution in [0.2, 0.25) is 0 Å². The Morgan fingerprint density at radius 2 is 1.48 bits per heavy atom. The highest BCUT2D eigenvalue weighted by molar-refractivity contribution is 7.11. The molecule has 1 heterocycles. The van der Waals surface area contributed by atoms with Gasteiger partial charge in [-0.1, -0.05) is 72.8 Å². The number of thiophene rings is 1. The largest absolute Gasteiger partial charge is 0.392 e. The van der Waals surface area contributed by atoms with E-state index in [9.17, 15) is 23.8 Å². The lowest BCUT2D eigenvalue weighted by atomic mass is 9.91. The van der Waals surface area contributed by atoms with E-state index in [0.717, 1.165) is 32.7 Å². The number of halogens is 2. The lowest BCUT2D eigenvalue weighted by Crippen LogP contribution is -2.31. The molecule has 0 bridgehead atoms. The first-order valence-electron chi connectivity index (χ1n) is 13.0. The maximum Gasteiger partial charge on any atom is 0.223 e. The third-order valence-electron chi connectivity index (χ3n) is 6.42. The van der Waals surface area contributed by atoms with Crippen LogP contribution in [0.3, 0.4) is 0 Å². The first kappa shape index (κ1) is 29.1. The number of amides is 1. The van der Waals surface area contributed by atoms with Gasteiger partial charge in [-0.3, -0.25) is 4.79 Å². The maximum absolute atomic E-state index is 13.7. The number of hydrogen-bond donors (Lipinski definition) is 3. The molecule has 0 fully saturated rings. The number of rotatable bonds is 11.